The van der Waals surface area contributed by atoms with Crippen LogP contribution < -0.4 is 4.74 Å². The first-order chi connectivity index (χ1) is 19.7. The lowest BCUT2D eigenvalue weighted by Gasteiger charge is -2.13. The lowest BCUT2D eigenvalue weighted by Crippen LogP contribution is -2.10. The highest BCUT2D eigenvalue weighted by atomic mass is 32.2. The van der Waals surface area contributed by atoms with Crippen LogP contribution in [0.2, 0.25) is 0 Å². The molecule has 9 nitrogen and oxygen atoms in total. The van der Waals surface area contributed by atoms with E-state index >= 15 is 0 Å². The molecule has 0 aliphatic carbocycles. The quantitative estimate of drug-likeness (QED) is 0.0982. The zero-order chi connectivity index (χ0) is 29.1. The highest BCUT2D eigenvalue weighted by molar-refractivity contribution is 7.99. The number of aromatic nitrogens is 5. The Balaban J connectivity index is 1.56. The van der Waals surface area contributed by atoms with Crippen molar-refractivity contribution in [2.45, 2.75) is 11.3 Å². The van der Waals surface area contributed by atoms with E-state index in [-0.39, 0.29) is 39.6 Å². The van der Waals surface area contributed by atoms with Crippen LogP contribution in [-0.4, -0.2) is 55.8 Å². The van der Waals surface area contributed by atoms with Crippen LogP contribution in [0.1, 0.15) is 11.4 Å². The number of esters is 1. The van der Waals surface area contributed by atoms with E-state index in [4.69, 9.17) is 9.47 Å². The number of nitrogens with zero attached hydrogens (tertiary/aromatic N) is 4. The molecule has 2 aromatic heterocycles. The van der Waals surface area contributed by atoms with Crippen molar-refractivity contribution < 1.29 is 32.5 Å². The number of para-hydroxylation sites is 2. The predicted octanol–water partition coefficient (Wildman–Crippen LogP) is 6.07. The number of hydrogen-bond donors (Lipinski definition) is 2. The van der Waals surface area contributed by atoms with Crippen molar-refractivity contribution in [3.05, 3.63) is 89.9 Å². The Bertz CT molecular complexity index is 1710. The van der Waals surface area contributed by atoms with E-state index in [1.807, 2.05) is 0 Å². The van der Waals surface area contributed by atoms with E-state index in [0.29, 0.717) is 22.3 Å². The van der Waals surface area contributed by atoms with Crippen LogP contribution in [0, 0.1) is 0 Å². The van der Waals surface area contributed by atoms with Crippen LogP contribution >= 0.6 is 11.8 Å². The zero-order valence-electron chi connectivity index (χ0n) is 21.6. The number of hydrogen-bond acceptors (Lipinski definition) is 8. The van der Waals surface area contributed by atoms with Gasteiger partial charge in [0.15, 0.2) is 11.0 Å². The largest absolute Gasteiger partial charge is 0.510 e. The number of rotatable bonds is 8. The number of ether oxygens (including phenoxy) is 2. The van der Waals surface area contributed by atoms with E-state index in [0.717, 1.165) is 23.9 Å². The van der Waals surface area contributed by atoms with Gasteiger partial charge in [-0.25, -0.2) is 9.78 Å². The fourth-order valence-electron chi connectivity index (χ4n) is 4.07. The van der Waals surface area contributed by atoms with Crippen LogP contribution in [0.3, 0.4) is 0 Å². The van der Waals surface area contributed by atoms with E-state index in [2.05, 4.69) is 20.2 Å². The molecule has 0 aliphatic heterocycles. The number of methoxy groups -OCH3 is 2. The molecule has 0 fully saturated rings. The summed E-state index contributed by atoms with van der Waals surface area (Å²) in [5, 5.41) is 19.6. The van der Waals surface area contributed by atoms with Gasteiger partial charge in [-0.3, -0.25) is 4.57 Å². The standard InChI is InChI=1S/C28H22F3N5O4S/c1-39-19-12-10-16(11-13-19)25-34-35-27(36(25)18-7-5-6-17(14-18)28(29,30)31)41-15-22(37)23(26(38)40-2)24-32-20-8-3-4-9-21(20)33-24/h3-14,37H,15H2,1-2H3,(H,32,33)/b23-22+. The normalized spacial score (nSPS) is 12.3. The molecule has 0 unspecified atom stereocenters. The van der Waals surface area contributed by atoms with E-state index < -0.39 is 17.7 Å². The molecule has 41 heavy (non-hydrogen) atoms. The highest BCUT2D eigenvalue weighted by Crippen LogP contribution is 2.34. The fraction of sp³-hybridized carbons (Fsp3) is 0.143. The average molecular weight is 582 g/mol. The molecule has 0 radical (unpaired) electrons. The SMILES string of the molecule is COC(=O)/C(=C(/O)CSc1nnc(-c2ccc(OC)cc2)n1-c1cccc(C(F)(F)F)c1)c1nc2ccccc2[nH]1. The summed E-state index contributed by atoms with van der Waals surface area (Å²) < 4.78 is 52.2. The van der Waals surface area contributed by atoms with Gasteiger partial charge in [-0.2, -0.15) is 13.2 Å². The minimum atomic E-state index is -4.57. The molecule has 13 heteroatoms. The summed E-state index contributed by atoms with van der Waals surface area (Å²) in [6.45, 7) is 0. The number of aromatic amines is 1. The third kappa shape index (κ3) is 5.75. The second-order valence-electron chi connectivity index (χ2n) is 8.62. The topological polar surface area (TPSA) is 115 Å². The van der Waals surface area contributed by atoms with Crippen molar-refractivity contribution in [2.75, 3.05) is 20.0 Å². The first-order valence-electron chi connectivity index (χ1n) is 12.1. The Morgan fingerprint density at radius 3 is 2.46 bits per heavy atom. The van der Waals surface area contributed by atoms with Gasteiger partial charge in [-0.1, -0.05) is 30.0 Å². The molecule has 3 aromatic carbocycles. The van der Waals surface area contributed by atoms with Gasteiger partial charge in [0.25, 0.3) is 0 Å². The molecule has 210 valence electrons. The van der Waals surface area contributed by atoms with E-state index in [9.17, 15) is 23.1 Å². The average Bonchev–Trinajstić information content (AvgIpc) is 3.60. The number of H-pyrrole nitrogens is 1. The zero-order valence-corrected chi connectivity index (χ0v) is 22.5. The Labute approximate surface area is 235 Å². The molecule has 0 saturated heterocycles. The molecular weight excluding hydrogens is 559 g/mol. The van der Waals surface area contributed by atoms with Crippen LogP contribution in [0.5, 0.6) is 5.75 Å². The van der Waals surface area contributed by atoms with Crippen molar-refractivity contribution >= 4 is 34.3 Å². The Morgan fingerprint density at radius 2 is 1.78 bits per heavy atom. The molecule has 0 atom stereocenters. The molecule has 2 N–H and O–H groups in total. The molecule has 0 aliphatic rings. The maximum Gasteiger partial charge on any atom is 0.416 e. The number of carbonyl (C=O) groups is 1. The summed E-state index contributed by atoms with van der Waals surface area (Å²) in [6, 6.07) is 18.6. The van der Waals surface area contributed by atoms with Gasteiger partial charge >= 0.3 is 12.1 Å². The number of aliphatic hydroxyl groups excluding tert-OH is 1. The number of thioether (sulfide) groups is 1. The van der Waals surface area contributed by atoms with Gasteiger partial charge in [0.05, 0.1) is 42.3 Å². The van der Waals surface area contributed by atoms with Crippen LogP contribution in [0.4, 0.5) is 13.2 Å². The number of fused-ring (bicyclic) bond motifs is 1. The van der Waals surface area contributed by atoms with Crippen molar-refractivity contribution in [3.8, 4) is 22.8 Å². The monoisotopic (exact) mass is 581 g/mol. The fourth-order valence-corrected chi connectivity index (χ4v) is 4.90. The van der Waals surface area contributed by atoms with Gasteiger partial charge < -0.3 is 19.6 Å². The van der Waals surface area contributed by atoms with Crippen LogP contribution in [0.25, 0.3) is 33.7 Å². The molecule has 2 heterocycles. The number of benzene rings is 3. The first-order valence-corrected chi connectivity index (χ1v) is 13.0. The lowest BCUT2D eigenvalue weighted by molar-refractivity contribution is -0.137. The highest BCUT2D eigenvalue weighted by Gasteiger charge is 2.31. The molecule has 0 spiro atoms. The van der Waals surface area contributed by atoms with Gasteiger partial charge in [-0.05, 0) is 54.6 Å². The van der Waals surface area contributed by atoms with Gasteiger partial charge in [0.2, 0.25) is 0 Å². The summed E-state index contributed by atoms with van der Waals surface area (Å²) in [5.41, 5.74) is 0.931. The van der Waals surface area contributed by atoms with Gasteiger partial charge in [-0.15, -0.1) is 10.2 Å². The number of alkyl halides is 3. The number of aliphatic hydroxyl groups is 1. The number of halogens is 3. The van der Waals surface area contributed by atoms with Crippen LogP contribution in [0.15, 0.2) is 83.7 Å². The van der Waals surface area contributed by atoms with E-state index in [1.54, 1.807) is 48.5 Å². The third-order valence-corrected chi connectivity index (χ3v) is 7.00. The maximum atomic E-state index is 13.6. The molecule has 0 amide bonds. The van der Waals surface area contributed by atoms with Crippen molar-refractivity contribution in [2.24, 2.45) is 0 Å². The second-order valence-corrected chi connectivity index (χ2v) is 9.57. The van der Waals surface area contributed by atoms with Gasteiger partial charge in [0, 0.05) is 5.56 Å². The van der Waals surface area contributed by atoms with Crippen molar-refractivity contribution in [1.82, 2.24) is 24.7 Å². The Morgan fingerprint density at radius 1 is 1.02 bits per heavy atom. The summed E-state index contributed by atoms with van der Waals surface area (Å²) in [5.74, 6) is -0.422. The minimum Gasteiger partial charge on any atom is -0.510 e. The Hall–Kier alpha value is -4.78. The second kappa shape index (κ2) is 11.4. The molecule has 0 bridgehead atoms. The predicted molar refractivity (Wildman–Crippen MR) is 147 cm³/mol. The maximum absolute atomic E-state index is 13.6. The van der Waals surface area contributed by atoms with Crippen molar-refractivity contribution in [3.63, 3.8) is 0 Å². The van der Waals surface area contributed by atoms with Crippen molar-refractivity contribution in [1.29, 1.82) is 0 Å². The minimum absolute atomic E-state index is 0.106. The van der Waals surface area contributed by atoms with Gasteiger partial charge in [0.1, 0.15) is 22.9 Å². The summed E-state index contributed by atoms with van der Waals surface area (Å²) in [6.07, 6.45) is -4.57. The van der Waals surface area contributed by atoms with E-state index in [1.165, 1.54) is 30.9 Å². The molecule has 5 rings (SSSR count). The van der Waals surface area contributed by atoms with Crippen LogP contribution in [-0.2, 0) is 15.7 Å². The third-order valence-electron chi connectivity index (χ3n) is 6.06. The lowest BCUT2D eigenvalue weighted by atomic mass is 10.1. The summed E-state index contributed by atoms with van der Waals surface area (Å²) in [7, 11) is 2.69. The Kier molecular flexibility index (Phi) is 7.70. The number of imidazole rings is 1. The first kappa shape index (κ1) is 27.8. The smallest absolute Gasteiger partial charge is 0.416 e. The summed E-state index contributed by atoms with van der Waals surface area (Å²) in [4.78, 5) is 20.0. The molecule has 0 saturated carbocycles. The number of nitrogens with one attached hydrogen (secondary N) is 1. The number of carbonyl (C=O) groups excluding carboxylic acids is 1. The summed E-state index contributed by atoms with van der Waals surface area (Å²) >= 11 is 0.970. The molecular formula is C28H22F3N5O4S. The molecule has 5 aromatic rings.